The molecule has 0 saturated carbocycles. The van der Waals surface area contributed by atoms with Crippen molar-refractivity contribution in [2.24, 2.45) is 0 Å². The van der Waals surface area contributed by atoms with Gasteiger partial charge < -0.3 is 20.5 Å². The number of benzene rings is 2. The van der Waals surface area contributed by atoms with Crippen LogP contribution in [-0.4, -0.2) is 33.5 Å². The summed E-state index contributed by atoms with van der Waals surface area (Å²) in [5.41, 5.74) is -4.78. The van der Waals surface area contributed by atoms with Crippen LogP contribution < -0.4 is 15.4 Å². The Balaban J connectivity index is 2.16. The molecule has 2 aromatic carbocycles. The van der Waals surface area contributed by atoms with Gasteiger partial charge in [-0.15, -0.1) is 0 Å². The minimum Gasteiger partial charge on any atom is -0.487 e. The maximum absolute atomic E-state index is 13.1. The first-order valence-corrected chi connectivity index (χ1v) is 9.15. The number of rotatable bonds is 7. The second-order valence-corrected chi connectivity index (χ2v) is 7.05. The highest BCUT2D eigenvalue weighted by Crippen LogP contribution is 2.37. The number of ether oxygens (including phenoxy) is 1. The number of hydrogen-bond donors (Lipinski definition) is 3. The number of hydrogen-bond acceptors (Lipinski definition) is 6. The first-order valence-electron chi connectivity index (χ1n) is 9.15. The Morgan fingerprint density at radius 3 is 2.16 bits per heavy atom. The molecule has 0 spiro atoms. The quantitative estimate of drug-likeness (QED) is 0.431. The predicted octanol–water partition coefficient (Wildman–Crippen LogP) is 3.73. The lowest BCUT2D eigenvalue weighted by Crippen LogP contribution is -2.51. The Kier molecular flexibility index (Phi) is 7.09. The van der Waals surface area contributed by atoms with E-state index in [-0.39, 0.29) is 17.3 Å². The molecule has 0 radical (unpaired) electrons. The van der Waals surface area contributed by atoms with Gasteiger partial charge in [-0.1, -0.05) is 0 Å². The molecule has 0 aliphatic heterocycles. The van der Waals surface area contributed by atoms with E-state index in [9.17, 15) is 38.0 Å². The molecule has 0 saturated heterocycles. The van der Waals surface area contributed by atoms with E-state index in [1.165, 1.54) is 38.1 Å². The van der Waals surface area contributed by atoms with E-state index in [0.29, 0.717) is 17.8 Å². The van der Waals surface area contributed by atoms with E-state index < -0.39 is 40.0 Å². The standard InChI is InChI=1S/C20H20F3N3O6/c1-11(32-15-7-4-13(5-8-15)24-12(2)27)19(3,29)18(28)25-14-6-9-17(26(30)31)16(10-14)20(21,22)23/h4-11,29H,1-3H3,(H,24,27)(H,25,28)/t11?,19-/m0/s1. The third kappa shape index (κ3) is 5.94. The van der Waals surface area contributed by atoms with Gasteiger partial charge in [-0.2, -0.15) is 13.2 Å². The van der Waals surface area contributed by atoms with E-state index in [1.54, 1.807) is 0 Å². The molecular formula is C20H20F3N3O6. The van der Waals surface area contributed by atoms with Gasteiger partial charge in [0.15, 0.2) is 5.60 Å². The first kappa shape index (κ1) is 24.6. The normalized spacial score (nSPS) is 14.1. The number of nitrogens with one attached hydrogen (secondary N) is 2. The van der Waals surface area contributed by atoms with Crippen LogP contribution in [0.25, 0.3) is 0 Å². The van der Waals surface area contributed by atoms with Gasteiger partial charge in [0.05, 0.1) is 4.92 Å². The van der Waals surface area contributed by atoms with Crippen LogP contribution in [0.1, 0.15) is 26.3 Å². The summed E-state index contributed by atoms with van der Waals surface area (Å²) in [6.45, 7) is 3.82. The second kappa shape index (κ2) is 9.22. The van der Waals surface area contributed by atoms with Crippen molar-refractivity contribution in [1.29, 1.82) is 0 Å². The summed E-state index contributed by atoms with van der Waals surface area (Å²) in [4.78, 5) is 33.2. The van der Waals surface area contributed by atoms with Gasteiger partial charge >= 0.3 is 6.18 Å². The van der Waals surface area contributed by atoms with Gasteiger partial charge in [-0.05, 0) is 50.2 Å². The zero-order valence-electron chi connectivity index (χ0n) is 17.2. The molecule has 2 atom stereocenters. The Morgan fingerprint density at radius 1 is 1.09 bits per heavy atom. The molecule has 0 aromatic heterocycles. The topological polar surface area (TPSA) is 131 Å². The summed E-state index contributed by atoms with van der Waals surface area (Å²) >= 11 is 0. The van der Waals surface area contributed by atoms with Crippen LogP contribution >= 0.6 is 0 Å². The molecule has 172 valence electrons. The molecule has 0 bridgehead atoms. The molecule has 2 aromatic rings. The van der Waals surface area contributed by atoms with E-state index in [1.807, 2.05) is 0 Å². The van der Waals surface area contributed by atoms with Gasteiger partial charge in [-0.25, -0.2) is 0 Å². The van der Waals surface area contributed by atoms with E-state index >= 15 is 0 Å². The summed E-state index contributed by atoms with van der Waals surface area (Å²) in [5.74, 6) is -1.09. The lowest BCUT2D eigenvalue weighted by Gasteiger charge is -2.29. The Morgan fingerprint density at radius 2 is 1.66 bits per heavy atom. The SMILES string of the molecule is CC(=O)Nc1ccc(OC(C)[C@](C)(O)C(=O)Nc2ccc([N+](=O)[O-])c(C(F)(F)F)c2)cc1. The lowest BCUT2D eigenvalue weighted by atomic mass is 9.99. The van der Waals surface area contributed by atoms with Gasteiger partial charge in [0, 0.05) is 24.4 Å². The monoisotopic (exact) mass is 455 g/mol. The number of anilines is 2. The zero-order valence-corrected chi connectivity index (χ0v) is 17.2. The van der Waals surface area contributed by atoms with Gasteiger partial charge in [0.25, 0.3) is 11.6 Å². The summed E-state index contributed by atoms with van der Waals surface area (Å²) in [6, 6.07) is 8.00. The number of alkyl halides is 3. The molecule has 2 rings (SSSR count). The minimum atomic E-state index is -5.02. The highest BCUT2D eigenvalue weighted by atomic mass is 19.4. The summed E-state index contributed by atoms with van der Waals surface area (Å²) < 4.78 is 44.9. The summed E-state index contributed by atoms with van der Waals surface area (Å²) in [5, 5.41) is 26.1. The fraction of sp³-hybridized carbons (Fsp3) is 0.300. The number of carbonyl (C=O) groups excluding carboxylic acids is 2. The smallest absolute Gasteiger partial charge is 0.423 e. The molecule has 0 aliphatic rings. The van der Waals surface area contributed by atoms with Crippen LogP contribution in [0.3, 0.4) is 0 Å². The van der Waals surface area contributed by atoms with E-state index in [4.69, 9.17) is 4.74 Å². The fourth-order valence-corrected chi connectivity index (χ4v) is 2.58. The zero-order chi connectivity index (χ0) is 24.3. The van der Waals surface area contributed by atoms with Crippen molar-refractivity contribution in [3.8, 4) is 5.75 Å². The Labute approximate surface area is 180 Å². The largest absolute Gasteiger partial charge is 0.487 e. The Hall–Kier alpha value is -3.67. The molecule has 0 fully saturated rings. The molecule has 12 heteroatoms. The van der Waals surface area contributed by atoms with Crippen molar-refractivity contribution < 1.29 is 37.5 Å². The van der Waals surface area contributed by atoms with Gasteiger partial charge in [0.2, 0.25) is 5.91 Å². The first-order chi connectivity index (χ1) is 14.7. The third-order valence-electron chi connectivity index (χ3n) is 4.50. The second-order valence-electron chi connectivity index (χ2n) is 7.05. The molecule has 0 heterocycles. The average Bonchev–Trinajstić information content (AvgIpc) is 2.68. The van der Waals surface area contributed by atoms with Crippen LogP contribution in [0.4, 0.5) is 30.2 Å². The van der Waals surface area contributed by atoms with Crippen molar-refractivity contribution in [2.45, 2.75) is 38.7 Å². The van der Waals surface area contributed by atoms with Crippen LogP contribution in [0.15, 0.2) is 42.5 Å². The van der Waals surface area contributed by atoms with Crippen LogP contribution in [0.5, 0.6) is 5.75 Å². The maximum Gasteiger partial charge on any atom is 0.423 e. The molecule has 1 unspecified atom stereocenters. The van der Waals surface area contributed by atoms with Crippen molar-refractivity contribution in [1.82, 2.24) is 0 Å². The van der Waals surface area contributed by atoms with Gasteiger partial charge in [-0.3, -0.25) is 19.7 Å². The highest BCUT2D eigenvalue weighted by Gasteiger charge is 2.41. The van der Waals surface area contributed by atoms with Crippen molar-refractivity contribution >= 4 is 28.9 Å². The fourth-order valence-electron chi connectivity index (χ4n) is 2.58. The number of carbonyl (C=O) groups is 2. The number of nitrogens with zero attached hydrogens (tertiary/aromatic N) is 1. The third-order valence-corrected chi connectivity index (χ3v) is 4.50. The lowest BCUT2D eigenvalue weighted by molar-refractivity contribution is -0.388. The number of halogens is 3. The number of nitro benzene ring substituents is 1. The summed E-state index contributed by atoms with van der Waals surface area (Å²) in [7, 11) is 0. The maximum atomic E-state index is 13.1. The van der Waals surface area contributed by atoms with E-state index in [0.717, 1.165) is 13.0 Å². The van der Waals surface area contributed by atoms with Crippen LogP contribution in [0, 0.1) is 10.1 Å². The number of aliphatic hydroxyl groups is 1. The van der Waals surface area contributed by atoms with E-state index in [2.05, 4.69) is 10.6 Å². The number of nitro groups is 1. The Bertz CT molecular complexity index is 1020. The molecule has 32 heavy (non-hydrogen) atoms. The van der Waals surface area contributed by atoms with Crippen LogP contribution in [-0.2, 0) is 15.8 Å². The van der Waals surface area contributed by atoms with Crippen molar-refractivity contribution in [3.05, 3.63) is 58.1 Å². The predicted molar refractivity (Wildman–Crippen MR) is 108 cm³/mol. The van der Waals surface area contributed by atoms with Gasteiger partial charge in [0.1, 0.15) is 17.4 Å². The highest BCUT2D eigenvalue weighted by molar-refractivity contribution is 5.97. The minimum absolute atomic E-state index is 0.259. The number of amides is 2. The molecule has 2 amide bonds. The molecule has 0 aliphatic carbocycles. The summed E-state index contributed by atoms with van der Waals surface area (Å²) in [6.07, 6.45) is -6.17. The molecular weight excluding hydrogens is 435 g/mol. The average molecular weight is 455 g/mol. The molecule has 9 nitrogen and oxygen atoms in total. The van der Waals surface area contributed by atoms with Crippen molar-refractivity contribution in [3.63, 3.8) is 0 Å². The molecule has 3 N–H and O–H groups in total. The van der Waals surface area contributed by atoms with Crippen LogP contribution in [0.2, 0.25) is 0 Å². The van der Waals surface area contributed by atoms with Crippen molar-refractivity contribution in [2.75, 3.05) is 10.6 Å².